The smallest absolute Gasteiger partial charge is 0.258 e. The van der Waals surface area contributed by atoms with Crippen molar-refractivity contribution in [1.82, 2.24) is 9.97 Å². The van der Waals surface area contributed by atoms with E-state index in [4.69, 9.17) is 0 Å². The Bertz CT molecular complexity index is 839. The average molecular weight is 341 g/mol. The number of carbonyl (C=O) groups excluding carboxylic acids is 1. The SMILES string of the molecule is O=C(Nc1nc(-c2cccnc2)cs1)c1csc2c1CCCC2. The van der Waals surface area contributed by atoms with Crippen molar-refractivity contribution in [2.75, 3.05) is 5.32 Å². The highest BCUT2D eigenvalue weighted by Crippen LogP contribution is 2.31. The fraction of sp³-hybridized carbons (Fsp3) is 0.235. The molecule has 0 unspecified atom stereocenters. The van der Waals surface area contributed by atoms with Crippen molar-refractivity contribution in [2.24, 2.45) is 0 Å². The highest BCUT2D eigenvalue weighted by Gasteiger charge is 2.20. The normalized spacial score (nSPS) is 13.6. The summed E-state index contributed by atoms with van der Waals surface area (Å²) < 4.78 is 0. The monoisotopic (exact) mass is 341 g/mol. The van der Waals surface area contributed by atoms with Gasteiger partial charge in [0.05, 0.1) is 11.3 Å². The lowest BCUT2D eigenvalue weighted by Crippen LogP contribution is -2.14. The van der Waals surface area contributed by atoms with E-state index in [2.05, 4.69) is 15.3 Å². The van der Waals surface area contributed by atoms with Gasteiger partial charge in [-0.05, 0) is 43.4 Å². The highest BCUT2D eigenvalue weighted by atomic mass is 32.1. The van der Waals surface area contributed by atoms with E-state index in [1.54, 1.807) is 23.7 Å². The van der Waals surface area contributed by atoms with Gasteiger partial charge in [-0.1, -0.05) is 0 Å². The van der Waals surface area contributed by atoms with Gasteiger partial charge in [0.25, 0.3) is 5.91 Å². The summed E-state index contributed by atoms with van der Waals surface area (Å²) >= 11 is 3.15. The molecule has 23 heavy (non-hydrogen) atoms. The average Bonchev–Trinajstić information content (AvgIpc) is 3.22. The molecule has 1 amide bonds. The predicted octanol–water partition coefficient (Wildman–Crippen LogP) is 4.40. The zero-order valence-electron chi connectivity index (χ0n) is 12.4. The highest BCUT2D eigenvalue weighted by molar-refractivity contribution is 7.14. The van der Waals surface area contributed by atoms with Crippen LogP contribution in [0.25, 0.3) is 11.3 Å². The number of pyridine rings is 1. The molecule has 0 fully saturated rings. The van der Waals surface area contributed by atoms with Crippen LogP contribution in [0, 0.1) is 0 Å². The number of nitrogens with one attached hydrogen (secondary N) is 1. The van der Waals surface area contributed by atoms with E-state index in [0.29, 0.717) is 5.13 Å². The number of hydrogen-bond donors (Lipinski definition) is 1. The summed E-state index contributed by atoms with van der Waals surface area (Å²) in [6, 6.07) is 3.84. The molecule has 0 saturated heterocycles. The van der Waals surface area contributed by atoms with E-state index in [1.807, 2.05) is 22.9 Å². The standard InChI is InChI=1S/C17H15N3OS2/c21-16(13-9-22-15-6-2-1-5-12(13)15)20-17-19-14(10-23-17)11-4-3-7-18-8-11/h3-4,7-10H,1-2,5-6H2,(H,19,20,21). The second kappa shape index (κ2) is 6.22. The molecule has 0 aromatic carbocycles. The fourth-order valence-corrected chi connectivity index (χ4v) is 4.67. The maximum Gasteiger partial charge on any atom is 0.258 e. The first-order valence-electron chi connectivity index (χ1n) is 7.58. The molecule has 1 N–H and O–H groups in total. The van der Waals surface area contributed by atoms with Crippen molar-refractivity contribution in [2.45, 2.75) is 25.7 Å². The Morgan fingerprint density at radius 3 is 2.96 bits per heavy atom. The lowest BCUT2D eigenvalue weighted by Gasteiger charge is -2.12. The molecule has 1 aliphatic carbocycles. The van der Waals surface area contributed by atoms with Gasteiger partial charge in [0.15, 0.2) is 5.13 Å². The fourth-order valence-electron chi connectivity index (χ4n) is 2.83. The summed E-state index contributed by atoms with van der Waals surface area (Å²) in [6.07, 6.45) is 8.03. The van der Waals surface area contributed by atoms with E-state index in [0.717, 1.165) is 29.7 Å². The molecule has 1 aliphatic rings. The third-order valence-corrected chi connectivity index (χ3v) is 5.83. The minimum absolute atomic E-state index is 0.0449. The van der Waals surface area contributed by atoms with E-state index >= 15 is 0 Å². The summed E-state index contributed by atoms with van der Waals surface area (Å²) in [5, 5.41) is 7.50. The first-order chi connectivity index (χ1) is 11.3. The molecule has 0 bridgehead atoms. The van der Waals surface area contributed by atoms with Crippen molar-refractivity contribution in [3.63, 3.8) is 0 Å². The molecular weight excluding hydrogens is 326 g/mol. The van der Waals surface area contributed by atoms with Gasteiger partial charge in [-0.15, -0.1) is 22.7 Å². The van der Waals surface area contributed by atoms with Gasteiger partial charge < -0.3 is 0 Å². The number of amides is 1. The molecule has 0 atom stereocenters. The number of anilines is 1. The summed E-state index contributed by atoms with van der Waals surface area (Å²) in [5.41, 5.74) is 3.86. The quantitative estimate of drug-likeness (QED) is 0.768. The van der Waals surface area contributed by atoms with Crippen LogP contribution in [0.1, 0.15) is 33.6 Å². The Kier molecular flexibility index (Phi) is 3.93. The Labute approximate surface area is 142 Å². The van der Waals surface area contributed by atoms with Crippen LogP contribution in [0.15, 0.2) is 35.3 Å². The van der Waals surface area contributed by atoms with E-state index in [1.165, 1.54) is 34.6 Å². The van der Waals surface area contributed by atoms with Gasteiger partial charge in [0.1, 0.15) is 0 Å². The molecule has 116 valence electrons. The van der Waals surface area contributed by atoms with Gasteiger partial charge in [0, 0.05) is 33.6 Å². The van der Waals surface area contributed by atoms with Crippen LogP contribution in [-0.2, 0) is 12.8 Å². The van der Waals surface area contributed by atoms with Crippen molar-refractivity contribution < 1.29 is 4.79 Å². The third kappa shape index (κ3) is 2.92. The lowest BCUT2D eigenvalue weighted by atomic mass is 9.96. The van der Waals surface area contributed by atoms with Gasteiger partial charge in [-0.2, -0.15) is 0 Å². The van der Waals surface area contributed by atoms with Crippen molar-refractivity contribution in [1.29, 1.82) is 0 Å². The van der Waals surface area contributed by atoms with Crippen molar-refractivity contribution >= 4 is 33.7 Å². The second-order valence-electron chi connectivity index (χ2n) is 5.49. The predicted molar refractivity (Wildman–Crippen MR) is 94.3 cm³/mol. The Balaban J connectivity index is 1.53. The summed E-state index contributed by atoms with van der Waals surface area (Å²) in [7, 11) is 0. The largest absolute Gasteiger partial charge is 0.298 e. The molecule has 0 saturated carbocycles. The molecule has 3 heterocycles. The molecule has 3 aromatic rings. The summed E-state index contributed by atoms with van der Waals surface area (Å²) in [4.78, 5) is 22.5. The minimum Gasteiger partial charge on any atom is -0.298 e. The third-order valence-electron chi connectivity index (χ3n) is 3.99. The minimum atomic E-state index is -0.0449. The molecule has 4 nitrogen and oxygen atoms in total. The zero-order valence-corrected chi connectivity index (χ0v) is 14.0. The number of thiazole rings is 1. The van der Waals surface area contributed by atoms with Gasteiger partial charge in [-0.25, -0.2) is 4.98 Å². The van der Waals surface area contributed by atoms with Crippen LogP contribution in [0.5, 0.6) is 0 Å². The van der Waals surface area contributed by atoms with Crippen molar-refractivity contribution in [3.05, 3.63) is 51.3 Å². The molecular formula is C17H15N3OS2. The Hall–Kier alpha value is -2.05. The maximum atomic E-state index is 12.5. The number of aromatic nitrogens is 2. The van der Waals surface area contributed by atoms with Crippen LogP contribution >= 0.6 is 22.7 Å². The Morgan fingerprint density at radius 2 is 2.09 bits per heavy atom. The second-order valence-corrected chi connectivity index (χ2v) is 7.31. The van der Waals surface area contributed by atoms with Gasteiger partial charge in [0.2, 0.25) is 0 Å². The number of aryl methyl sites for hydroxylation is 1. The molecule has 0 radical (unpaired) electrons. The number of rotatable bonds is 3. The lowest BCUT2D eigenvalue weighted by molar-refractivity contribution is 0.102. The van der Waals surface area contributed by atoms with E-state index in [-0.39, 0.29) is 5.91 Å². The van der Waals surface area contributed by atoms with Crippen LogP contribution in [-0.4, -0.2) is 15.9 Å². The number of nitrogens with zero attached hydrogens (tertiary/aromatic N) is 2. The molecule has 0 aliphatic heterocycles. The van der Waals surface area contributed by atoms with Crippen LogP contribution < -0.4 is 5.32 Å². The van der Waals surface area contributed by atoms with Gasteiger partial charge in [-0.3, -0.25) is 15.1 Å². The van der Waals surface area contributed by atoms with Gasteiger partial charge >= 0.3 is 0 Å². The molecule has 6 heteroatoms. The summed E-state index contributed by atoms with van der Waals surface area (Å²) in [5.74, 6) is -0.0449. The van der Waals surface area contributed by atoms with Crippen LogP contribution in [0.3, 0.4) is 0 Å². The summed E-state index contributed by atoms with van der Waals surface area (Å²) in [6.45, 7) is 0. The van der Waals surface area contributed by atoms with E-state index < -0.39 is 0 Å². The zero-order chi connectivity index (χ0) is 15.6. The topological polar surface area (TPSA) is 54.9 Å². The number of thiophene rings is 1. The molecule has 0 spiro atoms. The number of hydrogen-bond acceptors (Lipinski definition) is 5. The maximum absolute atomic E-state index is 12.5. The first-order valence-corrected chi connectivity index (χ1v) is 9.34. The van der Waals surface area contributed by atoms with Crippen LogP contribution in [0.4, 0.5) is 5.13 Å². The Morgan fingerprint density at radius 1 is 1.17 bits per heavy atom. The molecule has 3 aromatic heterocycles. The molecule has 4 rings (SSSR count). The number of carbonyl (C=O) groups is 1. The number of fused-ring (bicyclic) bond motifs is 1. The van der Waals surface area contributed by atoms with Crippen LogP contribution in [0.2, 0.25) is 0 Å². The van der Waals surface area contributed by atoms with Crippen molar-refractivity contribution in [3.8, 4) is 11.3 Å². The van der Waals surface area contributed by atoms with E-state index in [9.17, 15) is 4.79 Å². The first kappa shape index (κ1) is 14.5.